The molecule has 2 nitrogen and oxygen atoms in total. The van der Waals surface area contributed by atoms with Crippen LogP contribution in [0.4, 0.5) is 0 Å². The van der Waals surface area contributed by atoms with Crippen molar-refractivity contribution in [3.8, 4) is 5.75 Å². The lowest BCUT2D eigenvalue weighted by Gasteiger charge is -2.15. The lowest BCUT2D eigenvalue weighted by atomic mass is 9.90. The molecule has 2 rings (SSSR count). The zero-order chi connectivity index (χ0) is 12.1. The van der Waals surface area contributed by atoms with Crippen molar-refractivity contribution in [2.24, 2.45) is 0 Å². The third-order valence-corrected chi connectivity index (χ3v) is 3.09. The topological polar surface area (TPSA) is 33.1 Å². The van der Waals surface area contributed by atoms with Crippen molar-refractivity contribution in [2.45, 2.75) is 25.7 Å². The molecule has 0 unspecified atom stereocenters. The molecule has 0 aliphatic carbocycles. The number of nitrogens with zero attached hydrogens (tertiary/aromatic N) is 1. The molecule has 0 amide bonds. The maximum atomic E-state index is 9.26. The van der Waals surface area contributed by atoms with E-state index in [4.69, 9.17) is 0 Å². The average Bonchev–Trinajstić information content (AvgIpc) is 2.39. The van der Waals surface area contributed by atoms with Crippen LogP contribution in [0.15, 0.2) is 48.8 Å². The van der Waals surface area contributed by atoms with E-state index in [0.717, 1.165) is 12.8 Å². The van der Waals surface area contributed by atoms with Crippen molar-refractivity contribution < 1.29 is 5.11 Å². The van der Waals surface area contributed by atoms with Gasteiger partial charge in [0.2, 0.25) is 0 Å². The number of hydrogen-bond acceptors (Lipinski definition) is 2. The summed E-state index contributed by atoms with van der Waals surface area (Å²) in [5, 5.41) is 9.26. The van der Waals surface area contributed by atoms with Crippen LogP contribution < -0.4 is 0 Å². The fourth-order valence-corrected chi connectivity index (χ4v) is 2.05. The molecular formula is C15H17NO. The van der Waals surface area contributed by atoms with E-state index in [-0.39, 0.29) is 0 Å². The van der Waals surface area contributed by atoms with E-state index in [0.29, 0.717) is 11.7 Å². The largest absolute Gasteiger partial charge is 0.508 e. The fourth-order valence-electron chi connectivity index (χ4n) is 2.05. The lowest BCUT2D eigenvalue weighted by Crippen LogP contribution is -2.01. The zero-order valence-electron chi connectivity index (χ0n) is 10.0. The Morgan fingerprint density at radius 2 is 1.71 bits per heavy atom. The predicted octanol–water partition coefficient (Wildman–Crippen LogP) is 3.52. The van der Waals surface area contributed by atoms with Crippen molar-refractivity contribution in [3.63, 3.8) is 0 Å². The molecular weight excluding hydrogens is 210 g/mol. The maximum Gasteiger partial charge on any atom is 0.115 e. The SMILES string of the molecule is CC[C@H](Cc1ccc(O)cc1)c1ccncc1. The first-order valence-corrected chi connectivity index (χ1v) is 5.97. The molecule has 0 saturated heterocycles. The quantitative estimate of drug-likeness (QED) is 0.866. The second kappa shape index (κ2) is 5.48. The molecule has 2 aromatic rings. The summed E-state index contributed by atoms with van der Waals surface area (Å²) in [6.45, 7) is 2.20. The molecule has 0 bridgehead atoms. The van der Waals surface area contributed by atoms with Gasteiger partial charge < -0.3 is 5.11 Å². The Morgan fingerprint density at radius 1 is 1.06 bits per heavy atom. The Hall–Kier alpha value is -1.83. The Balaban J connectivity index is 2.13. The van der Waals surface area contributed by atoms with Gasteiger partial charge in [-0.25, -0.2) is 0 Å². The Bertz CT molecular complexity index is 450. The van der Waals surface area contributed by atoms with Gasteiger partial charge in [-0.1, -0.05) is 19.1 Å². The molecule has 0 aliphatic heterocycles. The summed E-state index contributed by atoms with van der Waals surface area (Å²) >= 11 is 0. The average molecular weight is 227 g/mol. The molecule has 0 aliphatic rings. The van der Waals surface area contributed by atoms with Crippen LogP contribution in [0.5, 0.6) is 5.75 Å². The summed E-state index contributed by atoms with van der Waals surface area (Å²) < 4.78 is 0. The van der Waals surface area contributed by atoms with Crippen LogP contribution in [0.25, 0.3) is 0 Å². The van der Waals surface area contributed by atoms with Crippen LogP contribution in [0.2, 0.25) is 0 Å². The monoisotopic (exact) mass is 227 g/mol. The van der Waals surface area contributed by atoms with Gasteiger partial charge in [0.05, 0.1) is 0 Å². The molecule has 0 spiro atoms. The first kappa shape index (κ1) is 11.6. The van der Waals surface area contributed by atoms with Gasteiger partial charge >= 0.3 is 0 Å². The maximum absolute atomic E-state index is 9.26. The zero-order valence-corrected chi connectivity index (χ0v) is 10.0. The summed E-state index contributed by atoms with van der Waals surface area (Å²) in [6.07, 6.45) is 5.79. The second-order valence-corrected chi connectivity index (χ2v) is 4.26. The Labute approximate surface area is 102 Å². The van der Waals surface area contributed by atoms with E-state index in [1.165, 1.54) is 11.1 Å². The molecule has 2 heteroatoms. The van der Waals surface area contributed by atoms with Crippen LogP contribution >= 0.6 is 0 Å². The van der Waals surface area contributed by atoms with Gasteiger partial charge in [-0.2, -0.15) is 0 Å². The number of rotatable bonds is 4. The number of phenolic OH excluding ortho intramolecular Hbond substituents is 1. The summed E-state index contributed by atoms with van der Waals surface area (Å²) in [5.41, 5.74) is 2.59. The highest BCUT2D eigenvalue weighted by Gasteiger charge is 2.09. The van der Waals surface area contributed by atoms with Gasteiger partial charge in [-0.05, 0) is 54.2 Å². The van der Waals surface area contributed by atoms with Gasteiger partial charge in [0.15, 0.2) is 0 Å². The minimum Gasteiger partial charge on any atom is -0.508 e. The van der Waals surface area contributed by atoms with Crippen molar-refractivity contribution in [2.75, 3.05) is 0 Å². The van der Waals surface area contributed by atoms with Crippen LogP contribution in [-0.2, 0) is 6.42 Å². The highest BCUT2D eigenvalue weighted by Crippen LogP contribution is 2.24. The molecule has 88 valence electrons. The van der Waals surface area contributed by atoms with E-state index in [1.54, 1.807) is 12.1 Å². The molecule has 1 aromatic carbocycles. The normalized spacial score (nSPS) is 12.3. The van der Waals surface area contributed by atoms with Gasteiger partial charge in [-0.15, -0.1) is 0 Å². The summed E-state index contributed by atoms with van der Waals surface area (Å²) in [5.74, 6) is 0.841. The van der Waals surface area contributed by atoms with Crippen LogP contribution in [-0.4, -0.2) is 10.1 Å². The second-order valence-electron chi connectivity index (χ2n) is 4.26. The van der Waals surface area contributed by atoms with Gasteiger partial charge in [-0.3, -0.25) is 4.98 Å². The van der Waals surface area contributed by atoms with Crippen molar-refractivity contribution in [1.82, 2.24) is 4.98 Å². The van der Waals surface area contributed by atoms with Gasteiger partial charge in [0.25, 0.3) is 0 Å². The first-order chi connectivity index (χ1) is 8.29. The molecule has 17 heavy (non-hydrogen) atoms. The minimum absolute atomic E-state index is 0.325. The molecule has 1 heterocycles. The van der Waals surface area contributed by atoms with Crippen molar-refractivity contribution >= 4 is 0 Å². The van der Waals surface area contributed by atoms with Crippen molar-refractivity contribution in [1.29, 1.82) is 0 Å². The van der Waals surface area contributed by atoms with Crippen LogP contribution in [0.3, 0.4) is 0 Å². The van der Waals surface area contributed by atoms with Crippen LogP contribution in [0.1, 0.15) is 30.4 Å². The minimum atomic E-state index is 0.325. The summed E-state index contributed by atoms with van der Waals surface area (Å²) in [7, 11) is 0. The molecule has 1 atom stereocenters. The smallest absolute Gasteiger partial charge is 0.115 e. The highest BCUT2D eigenvalue weighted by molar-refractivity contribution is 5.28. The van der Waals surface area contributed by atoms with E-state index in [1.807, 2.05) is 24.5 Å². The summed E-state index contributed by atoms with van der Waals surface area (Å²) in [6, 6.07) is 11.6. The van der Waals surface area contributed by atoms with Gasteiger partial charge in [0.1, 0.15) is 5.75 Å². The molecule has 1 aromatic heterocycles. The van der Waals surface area contributed by atoms with Crippen molar-refractivity contribution in [3.05, 3.63) is 59.9 Å². The van der Waals surface area contributed by atoms with E-state index < -0.39 is 0 Å². The lowest BCUT2D eigenvalue weighted by molar-refractivity contribution is 0.475. The molecule has 0 saturated carbocycles. The van der Waals surface area contributed by atoms with E-state index in [9.17, 15) is 5.11 Å². The standard InChI is InChI=1S/C15H17NO/c1-2-13(14-7-9-16-10-8-14)11-12-3-5-15(17)6-4-12/h3-10,13,17H,2,11H2,1H3/t13-/m1/s1. The number of aromatic hydroxyl groups is 1. The predicted molar refractivity (Wildman–Crippen MR) is 69.1 cm³/mol. The molecule has 0 fully saturated rings. The van der Waals surface area contributed by atoms with Crippen LogP contribution in [0, 0.1) is 0 Å². The highest BCUT2D eigenvalue weighted by atomic mass is 16.3. The Morgan fingerprint density at radius 3 is 2.29 bits per heavy atom. The molecule has 1 N–H and O–H groups in total. The number of phenols is 1. The third kappa shape index (κ3) is 3.06. The number of aromatic nitrogens is 1. The number of benzene rings is 1. The van der Waals surface area contributed by atoms with E-state index >= 15 is 0 Å². The fraction of sp³-hybridized carbons (Fsp3) is 0.267. The Kier molecular flexibility index (Phi) is 3.76. The summed E-state index contributed by atoms with van der Waals surface area (Å²) in [4.78, 5) is 4.05. The number of hydrogen-bond donors (Lipinski definition) is 1. The number of pyridine rings is 1. The van der Waals surface area contributed by atoms with Gasteiger partial charge in [0, 0.05) is 12.4 Å². The van der Waals surface area contributed by atoms with E-state index in [2.05, 4.69) is 24.0 Å². The first-order valence-electron chi connectivity index (χ1n) is 5.97. The third-order valence-electron chi connectivity index (χ3n) is 3.09. The molecule has 0 radical (unpaired) electrons.